The number of hydrogen-bond donors (Lipinski definition) is 3. The van der Waals surface area contributed by atoms with Crippen molar-refractivity contribution in [1.82, 2.24) is 25.2 Å². The number of carbonyl (C=O) groups excluding carboxylic acids is 1. The highest BCUT2D eigenvalue weighted by Gasteiger charge is 2.36. The van der Waals surface area contributed by atoms with Crippen LogP contribution in [0.2, 0.25) is 0 Å². The van der Waals surface area contributed by atoms with E-state index in [1.165, 1.54) is 6.07 Å². The summed E-state index contributed by atoms with van der Waals surface area (Å²) in [4.78, 5) is 44.5. The van der Waals surface area contributed by atoms with Crippen LogP contribution in [0.25, 0.3) is 10.9 Å². The van der Waals surface area contributed by atoms with Gasteiger partial charge in [-0.1, -0.05) is 0 Å². The number of halogens is 3. The molecule has 0 radical (unpaired) electrons. The van der Waals surface area contributed by atoms with Gasteiger partial charge in [-0.05, 0) is 18.2 Å². The summed E-state index contributed by atoms with van der Waals surface area (Å²) in [6.07, 6.45) is 0.811. The molecule has 1 aromatic carbocycles. The van der Waals surface area contributed by atoms with Crippen LogP contribution >= 0.6 is 0 Å². The molecule has 1 aliphatic rings. The Labute approximate surface area is 166 Å². The Bertz CT molecular complexity index is 1250. The van der Waals surface area contributed by atoms with Crippen LogP contribution in [0.15, 0.2) is 40.1 Å². The number of nitrogens with zero attached hydrogens (tertiary/aromatic N) is 2. The van der Waals surface area contributed by atoms with E-state index in [9.17, 15) is 27.6 Å². The van der Waals surface area contributed by atoms with Crippen molar-refractivity contribution in [2.75, 3.05) is 13.1 Å². The average Bonchev–Trinajstić information content (AvgIpc) is 2.65. The van der Waals surface area contributed by atoms with Crippen LogP contribution in [0.4, 0.5) is 13.2 Å². The van der Waals surface area contributed by atoms with Crippen LogP contribution in [0.1, 0.15) is 11.7 Å². The van der Waals surface area contributed by atoms with Crippen LogP contribution < -0.4 is 21.9 Å². The lowest BCUT2D eigenvalue weighted by Gasteiger charge is -2.34. The molecule has 0 spiro atoms. The van der Waals surface area contributed by atoms with Crippen molar-refractivity contribution in [3.05, 3.63) is 74.4 Å². The van der Waals surface area contributed by atoms with Crippen LogP contribution in [-0.2, 0) is 11.3 Å². The molecule has 0 aliphatic carbocycles. The Morgan fingerprint density at radius 1 is 1.20 bits per heavy atom. The Morgan fingerprint density at radius 2 is 1.97 bits per heavy atom. The van der Waals surface area contributed by atoms with Gasteiger partial charge in [0.25, 0.3) is 5.56 Å². The van der Waals surface area contributed by atoms with Gasteiger partial charge in [0.1, 0.15) is 23.5 Å². The summed E-state index contributed by atoms with van der Waals surface area (Å²) in [5.74, 6) is -3.56. The molecule has 30 heavy (non-hydrogen) atoms. The summed E-state index contributed by atoms with van der Waals surface area (Å²) in [5.41, 5.74) is -1.69. The normalized spacial score (nSPS) is 15.0. The molecule has 11 heteroatoms. The van der Waals surface area contributed by atoms with E-state index >= 15 is 0 Å². The van der Waals surface area contributed by atoms with Crippen molar-refractivity contribution in [2.45, 2.75) is 12.6 Å². The van der Waals surface area contributed by atoms with Crippen LogP contribution in [-0.4, -0.2) is 33.5 Å². The van der Waals surface area contributed by atoms with E-state index in [2.05, 4.69) is 20.6 Å². The number of aromatic amines is 1. The van der Waals surface area contributed by atoms with Crippen LogP contribution in [0.5, 0.6) is 0 Å². The zero-order valence-corrected chi connectivity index (χ0v) is 15.4. The number of pyridine rings is 1. The van der Waals surface area contributed by atoms with Gasteiger partial charge >= 0.3 is 5.69 Å². The van der Waals surface area contributed by atoms with Crippen molar-refractivity contribution in [1.29, 1.82) is 0 Å². The number of hydrogen-bond acceptors (Lipinski definition) is 5. The van der Waals surface area contributed by atoms with Gasteiger partial charge in [0, 0.05) is 25.1 Å². The Balaban J connectivity index is 1.70. The Kier molecular flexibility index (Phi) is 5.12. The number of fused-ring (bicyclic) bond motifs is 1. The van der Waals surface area contributed by atoms with E-state index in [0.29, 0.717) is 19.2 Å². The molecule has 0 bridgehead atoms. The number of amides is 1. The zero-order valence-electron chi connectivity index (χ0n) is 15.4. The Morgan fingerprint density at radius 3 is 2.63 bits per heavy atom. The first-order valence-corrected chi connectivity index (χ1v) is 9.07. The van der Waals surface area contributed by atoms with Gasteiger partial charge in [-0.3, -0.25) is 14.6 Å². The highest BCUT2D eigenvalue weighted by atomic mass is 19.1. The molecule has 8 nitrogen and oxygen atoms in total. The lowest BCUT2D eigenvalue weighted by molar-refractivity contribution is -0.127. The van der Waals surface area contributed by atoms with Gasteiger partial charge in [0.15, 0.2) is 0 Å². The number of aromatic nitrogens is 3. The van der Waals surface area contributed by atoms with Gasteiger partial charge in [-0.15, -0.1) is 0 Å². The monoisotopic (exact) mass is 419 g/mol. The standard InChI is InChI=1S/C19H16F3N5O3/c20-10-1-2-14-12(3-10)18(29)27(19(30)26-14)16(9-5-23-6-9)17(28)25-8-15-13(22)4-11(21)7-24-15/h1-4,7,9,16,23H,5-6,8H2,(H,25,28)(H,26,30). The van der Waals surface area contributed by atoms with Crippen LogP contribution in [0, 0.1) is 23.4 Å². The van der Waals surface area contributed by atoms with E-state index in [-0.39, 0.29) is 29.1 Å². The van der Waals surface area contributed by atoms with Crippen molar-refractivity contribution in [3.8, 4) is 0 Å². The number of carbonyl (C=O) groups is 1. The fourth-order valence-corrected chi connectivity index (χ4v) is 3.38. The summed E-state index contributed by atoms with van der Waals surface area (Å²) < 4.78 is 41.2. The second-order valence-electron chi connectivity index (χ2n) is 6.96. The highest BCUT2D eigenvalue weighted by Crippen LogP contribution is 2.21. The predicted octanol–water partition coefficient (Wildman–Crippen LogP) is 0.579. The molecule has 3 N–H and O–H groups in total. The fourth-order valence-electron chi connectivity index (χ4n) is 3.38. The van der Waals surface area contributed by atoms with Gasteiger partial charge in [0.2, 0.25) is 5.91 Å². The first kappa shape index (κ1) is 19.8. The number of nitrogens with one attached hydrogen (secondary N) is 3. The maximum absolute atomic E-state index is 13.8. The van der Waals surface area contributed by atoms with Crippen molar-refractivity contribution >= 4 is 16.8 Å². The molecule has 3 heterocycles. The molecule has 0 saturated carbocycles. The summed E-state index contributed by atoms with van der Waals surface area (Å²) in [5, 5.41) is 5.32. The minimum atomic E-state index is -1.21. The lowest BCUT2D eigenvalue weighted by atomic mass is 9.92. The summed E-state index contributed by atoms with van der Waals surface area (Å²) in [7, 11) is 0. The molecule has 1 unspecified atom stereocenters. The minimum Gasteiger partial charge on any atom is -0.349 e. The second kappa shape index (κ2) is 7.75. The molecule has 4 rings (SSSR count). The van der Waals surface area contributed by atoms with Crippen molar-refractivity contribution in [2.24, 2.45) is 5.92 Å². The van der Waals surface area contributed by atoms with Gasteiger partial charge < -0.3 is 15.6 Å². The molecular weight excluding hydrogens is 403 g/mol. The van der Waals surface area contributed by atoms with Gasteiger partial charge in [-0.25, -0.2) is 22.5 Å². The first-order valence-electron chi connectivity index (χ1n) is 9.07. The topological polar surface area (TPSA) is 109 Å². The van der Waals surface area contributed by atoms with Gasteiger partial charge in [0.05, 0.1) is 29.3 Å². The third-order valence-electron chi connectivity index (χ3n) is 5.01. The van der Waals surface area contributed by atoms with E-state index in [0.717, 1.165) is 22.9 Å². The van der Waals surface area contributed by atoms with Crippen molar-refractivity contribution in [3.63, 3.8) is 0 Å². The molecule has 1 aliphatic heterocycles. The molecule has 3 aromatic rings. The highest BCUT2D eigenvalue weighted by molar-refractivity contribution is 5.82. The zero-order chi connectivity index (χ0) is 21.4. The largest absolute Gasteiger partial charge is 0.349 e. The molecule has 1 amide bonds. The summed E-state index contributed by atoms with van der Waals surface area (Å²) in [6.45, 7) is 0.374. The molecule has 1 saturated heterocycles. The summed E-state index contributed by atoms with van der Waals surface area (Å²) in [6, 6.07) is 2.77. The second-order valence-corrected chi connectivity index (χ2v) is 6.96. The maximum Gasteiger partial charge on any atom is 0.329 e. The van der Waals surface area contributed by atoms with E-state index in [1.807, 2.05) is 0 Å². The SMILES string of the molecule is O=C(NCc1ncc(F)cc1F)C(C1CNC1)n1c(=O)[nH]c2ccc(F)cc2c1=O. The van der Waals surface area contributed by atoms with E-state index < -0.39 is 40.6 Å². The molecule has 156 valence electrons. The van der Waals surface area contributed by atoms with Gasteiger partial charge in [-0.2, -0.15) is 0 Å². The third kappa shape index (κ3) is 3.59. The van der Waals surface area contributed by atoms with Crippen molar-refractivity contribution < 1.29 is 18.0 Å². The first-order chi connectivity index (χ1) is 14.3. The maximum atomic E-state index is 13.8. The number of rotatable bonds is 5. The number of H-pyrrole nitrogens is 1. The Hall–Kier alpha value is -3.47. The molecule has 1 fully saturated rings. The molecule has 1 atom stereocenters. The minimum absolute atomic E-state index is 0.0778. The fraction of sp³-hybridized carbons (Fsp3) is 0.263. The van der Waals surface area contributed by atoms with E-state index in [1.54, 1.807) is 0 Å². The smallest absolute Gasteiger partial charge is 0.329 e. The predicted molar refractivity (Wildman–Crippen MR) is 100 cm³/mol. The molecule has 2 aromatic heterocycles. The average molecular weight is 419 g/mol. The number of benzene rings is 1. The summed E-state index contributed by atoms with van der Waals surface area (Å²) >= 11 is 0. The lowest BCUT2D eigenvalue weighted by Crippen LogP contribution is -2.55. The molecular formula is C19H16F3N5O3. The third-order valence-corrected chi connectivity index (χ3v) is 5.01. The quantitative estimate of drug-likeness (QED) is 0.561. The van der Waals surface area contributed by atoms with Crippen LogP contribution in [0.3, 0.4) is 0 Å². The van der Waals surface area contributed by atoms with E-state index in [4.69, 9.17) is 0 Å².